The van der Waals surface area contributed by atoms with Crippen LogP contribution in [0.5, 0.6) is 0 Å². The smallest absolute Gasteiger partial charge is 0.207 e. The van der Waals surface area contributed by atoms with Gasteiger partial charge in [-0.2, -0.15) is 8.61 Å². The van der Waals surface area contributed by atoms with Crippen LogP contribution in [0.4, 0.5) is 0 Å². The van der Waals surface area contributed by atoms with E-state index in [1.165, 1.54) is 0 Å². The molecular formula is C26H38N2O4S2. The lowest BCUT2D eigenvalue weighted by molar-refractivity contribution is 0.476. The van der Waals surface area contributed by atoms with Crippen molar-refractivity contribution in [2.75, 3.05) is 26.2 Å². The van der Waals surface area contributed by atoms with Crippen LogP contribution < -0.4 is 0 Å². The van der Waals surface area contributed by atoms with Gasteiger partial charge in [0.05, 0.1) is 9.79 Å². The molecule has 2 aliphatic heterocycles. The Morgan fingerprint density at radius 2 is 0.853 bits per heavy atom. The number of hydrogen-bond donors (Lipinski definition) is 0. The van der Waals surface area contributed by atoms with Crippen molar-refractivity contribution in [3.63, 3.8) is 0 Å². The van der Waals surface area contributed by atoms with E-state index in [-0.39, 0.29) is 20.6 Å². The second-order valence-electron chi connectivity index (χ2n) is 11.8. The summed E-state index contributed by atoms with van der Waals surface area (Å²) < 4.78 is 58.6. The minimum atomic E-state index is -3.77. The Bertz CT molecular complexity index is 1200. The van der Waals surface area contributed by atoms with E-state index in [0.717, 1.165) is 36.8 Å². The molecule has 2 fully saturated rings. The first-order valence-corrected chi connectivity index (χ1v) is 15.1. The van der Waals surface area contributed by atoms with Crippen LogP contribution in [0.3, 0.4) is 0 Å². The predicted molar refractivity (Wildman–Crippen MR) is 137 cm³/mol. The molecule has 2 aromatic rings. The van der Waals surface area contributed by atoms with Crippen molar-refractivity contribution < 1.29 is 16.8 Å². The van der Waals surface area contributed by atoms with E-state index in [1.54, 1.807) is 20.7 Å². The van der Waals surface area contributed by atoms with Crippen LogP contribution in [0.15, 0.2) is 34.1 Å². The Balaban J connectivity index is 2.13. The zero-order chi connectivity index (χ0) is 25.1. The molecule has 188 valence electrons. The fourth-order valence-electron chi connectivity index (χ4n) is 4.82. The van der Waals surface area contributed by atoms with Crippen LogP contribution >= 0.6 is 0 Å². The second-order valence-corrected chi connectivity index (χ2v) is 15.6. The first kappa shape index (κ1) is 25.6. The largest absolute Gasteiger partial charge is 0.243 e. The Morgan fingerprint density at radius 1 is 0.559 bits per heavy atom. The van der Waals surface area contributed by atoms with Gasteiger partial charge in [-0.1, -0.05) is 41.5 Å². The zero-order valence-electron chi connectivity index (χ0n) is 21.3. The molecule has 0 spiro atoms. The molecule has 8 heteroatoms. The third-order valence-electron chi connectivity index (χ3n) is 7.09. The number of fused-ring (bicyclic) bond motifs is 1. The first-order valence-electron chi connectivity index (χ1n) is 12.3. The van der Waals surface area contributed by atoms with Crippen molar-refractivity contribution >= 4 is 30.8 Å². The molecule has 0 aliphatic carbocycles. The lowest BCUT2D eigenvalue weighted by Crippen LogP contribution is -2.30. The van der Waals surface area contributed by atoms with Crippen molar-refractivity contribution in [1.82, 2.24) is 8.61 Å². The van der Waals surface area contributed by atoms with Gasteiger partial charge in [0.25, 0.3) is 0 Å². The van der Waals surface area contributed by atoms with Crippen LogP contribution in [-0.2, 0) is 30.9 Å². The normalized spacial score (nSPS) is 19.4. The molecule has 2 aromatic carbocycles. The molecule has 2 aliphatic rings. The molecule has 0 saturated carbocycles. The van der Waals surface area contributed by atoms with Crippen molar-refractivity contribution in [1.29, 1.82) is 0 Å². The van der Waals surface area contributed by atoms with Gasteiger partial charge in [0.15, 0.2) is 0 Å². The maximum atomic E-state index is 13.9. The van der Waals surface area contributed by atoms with Gasteiger partial charge < -0.3 is 0 Å². The molecule has 0 bridgehead atoms. The van der Waals surface area contributed by atoms with Crippen LogP contribution in [0, 0.1) is 0 Å². The Hall–Kier alpha value is -1.48. The molecule has 2 saturated heterocycles. The van der Waals surface area contributed by atoms with Crippen molar-refractivity contribution in [2.45, 2.75) is 87.8 Å². The van der Waals surface area contributed by atoms with Crippen molar-refractivity contribution in [2.24, 2.45) is 0 Å². The van der Waals surface area contributed by atoms with Gasteiger partial charge in [0, 0.05) is 37.0 Å². The van der Waals surface area contributed by atoms with Crippen LogP contribution in [0.1, 0.15) is 78.4 Å². The maximum absolute atomic E-state index is 13.9. The summed E-state index contributed by atoms with van der Waals surface area (Å²) in [6.45, 7) is 14.2. The van der Waals surface area contributed by atoms with E-state index in [2.05, 4.69) is 0 Å². The fourth-order valence-corrected chi connectivity index (χ4v) is 8.30. The van der Waals surface area contributed by atoms with E-state index < -0.39 is 20.0 Å². The summed E-state index contributed by atoms with van der Waals surface area (Å²) in [5.74, 6) is 0. The van der Waals surface area contributed by atoms with Crippen LogP contribution in [-0.4, -0.2) is 51.6 Å². The quantitative estimate of drug-likeness (QED) is 0.585. The highest BCUT2D eigenvalue weighted by Gasteiger charge is 2.35. The van der Waals surface area contributed by atoms with Crippen LogP contribution in [0.2, 0.25) is 0 Å². The van der Waals surface area contributed by atoms with Crippen LogP contribution in [0.25, 0.3) is 10.8 Å². The van der Waals surface area contributed by atoms with E-state index in [9.17, 15) is 16.8 Å². The number of sulfonamides is 2. The molecular weight excluding hydrogens is 468 g/mol. The summed E-state index contributed by atoms with van der Waals surface area (Å²) in [6, 6.07) is 7.34. The number of hydrogen-bond acceptors (Lipinski definition) is 4. The van der Waals surface area contributed by atoms with Gasteiger partial charge in [-0.3, -0.25) is 0 Å². The monoisotopic (exact) mass is 506 g/mol. The molecule has 0 N–H and O–H groups in total. The number of benzene rings is 2. The topological polar surface area (TPSA) is 74.8 Å². The van der Waals surface area contributed by atoms with Gasteiger partial charge in [-0.15, -0.1) is 0 Å². The average Bonchev–Trinajstić information content (AvgIpc) is 3.45. The summed E-state index contributed by atoms with van der Waals surface area (Å²) in [6.07, 6.45) is 3.38. The van der Waals surface area contributed by atoms with E-state index >= 15 is 0 Å². The first-order chi connectivity index (χ1) is 15.6. The third-order valence-corrected chi connectivity index (χ3v) is 11.0. The molecule has 4 rings (SSSR count). The lowest BCUT2D eigenvalue weighted by atomic mass is 9.83. The summed E-state index contributed by atoms with van der Waals surface area (Å²) in [4.78, 5) is 0.446. The molecule has 2 heterocycles. The van der Waals surface area contributed by atoms with E-state index in [1.807, 2.05) is 53.7 Å². The Morgan fingerprint density at radius 3 is 1.12 bits per heavy atom. The summed E-state index contributed by atoms with van der Waals surface area (Å²) >= 11 is 0. The molecule has 0 unspecified atom stereocenters. The minimum Gasteiger partial charge on any atom is -0.207 e. The third kappa shape index (κ3) is 4.54. The van der Waals surface area contributed by atoms with Gasteiger partial charge in [-0.05, 0) is 71.9 Å². The van der Waals surface area contributed by atoms with Gasteiger partial charge in [-0.25, -0.2) is 16.8 Å². The molecule has 0 amide bonds. The average molecular weight is 507 g/mol. The highest BCUT2D eigenvalue weighted by atomic mass is 32.2. The molecule has 6 nitrogen and oxygen atoms in total. The zero-order valence-corrected chi connectivity index (χ0v) is 22.9. The highest BCUT2D eigenvalue weighted by molar-refractivity contribution is 7.89. The summed E-state index contributed by atoms with van der Waals surface area (Å²) in [5.41, 5.74) is 0.945. The fraction of sp³-hybridized carbons (Fsp3) is 0.615. The number of nitrogens with zero attached hydrogens (tertiary/aromatic N) is 2. The van der Waals surface area contributed by atoms with Gasteiger partial charge >= 0.3 is 0 Å². The second kappa shape index (κ2) is 8.57. The summed E-state index contributed by atoms with van der Waals surface area (Å²) in [7, 11) is -7.53. The Kier molecular flexibility index (Phi) is 6.46. The van der Waals surface area contributed by atoms with Gasteiger partial charge in [0.1, 0.15) is 0 Å². The lowest BCUT2D eigenvalue weighted by Gasteiger charge is -2.27. The summed E-state index contributed by atoms with van der Waals surface area (Å²) in [5, 5.41) is 1.01. The van der Waals surface area contributed by atoms with E-state index in [0.29, 0.717) is 37.0 Å². The van der Waals surface area contributed by atoms with E-state index in [4.69, 9.17) is 0 Å². The number of rotatable bonds is 4. The minimum absolute atomic E-state index is 0.223. The van der Waals surface area contributed by atoms with Gasteiger partial charge in [0.2, 0.25) is 20.0 Å². The standard InChI is InChI=1S/C26H38N2O4S2/c1-25(2,3)19-15-21-22(23(17-19)33(29,30)27-11-7-8-12-27)16-20(26(4,5)6)18-24(21)34(31,32)28-13-9-10-14-28/h15-18H,7-14H2,1-6H3. The maximum Gasteiger partial charge on any atom is 0.243 e. The molecule has 0 atom stereocenters. The predicted octanol–water partition coefficient (Wildman–Crippen LogP) is 5.00. The highest BCUT2D eigenvalue weighted by Crippen LogP contribution is 2.40. The molecule has 0 radical (unpaired) electrons. The molecule has 0 aromatic heterocycles. The Labute approximate surface area is 205 Å². The van der Waals surface area contributed by atoms with Crippen molar-refractivity contribution in [3.05, 3.63) is 35.4 Å². The SMILES string of the molecule is CC(C)(C)c1cc(S(=O)(=O)N2CCCC2)c2cc(C(C)(C)C)cc(S(=O)(=O)N3CCCC3)c2c1. The molecule has 34 heavy (non-hydrogen) atoms. The van der Waals surface area contributed by atoms with Crippen molar-refractivity contribution in [3.8, 4) is 0 Å².